The van der Waals surface area contributed by atoms with Gasteiger partial charge in [-0.1, -0.05) is 12.8 Å². The Hall–Kier alpha value is -2.33. The summed E-state index contributed by atoms with van der Waals surface area (Å²) in [4.78, 5) is 44.5. The van der Waals surface area contributed by atoms with Crippen molar-refractivity contribution in [1.82, 2.24) is 9.88 Å². The maximum absolute atomic E-state index is 14.1. The number of anilines is 1. The maximum Gasteiger partial charge on any atom is 0.249 e. The molecule has 0 radical (unpaired) electrons. The lowest BCUT2D eigenvalue weighted by Gasteiger charge is -2.25. The molecule has 1 aliphatic carbocycles. The third-order valence-electron chi connectivity index (χ3n) is 6.02. The molecule has 1 saturated carbocycles. The van der Waals surface area contributed by atoms with E-state index in [1.54, 1.807) is 0 Å². The highest BCUT2D eigenvalue weighted by Gasteiger charge is 2.51. The van der Waals surface area contributed by atoms with Gasteiger partial charge in [-0.2, -0.15) is 11.8 Å². The predicted octanol–water partition coefficient (Wildman–Crippen LogP) is 4.32. The molecule has 1 saturated heterocycles. The highest BCUT2D eigenvalue weighted by molar-refractivity contribution is 7.98. The lowest BCUT2D eigenvalue weighted by molar-refractivity contribution is -0.146. The smallest absolute Gasteiger partial charge is 0.249 e. The number of hydrogen-bond donors (Lipinski definition) is 1. The van der Waals surface area contributed by atoms with Crippen LogP contribution in [0.2, 0.25) is 0 Å². The molecule has 4 rings (SSSR count). The highest BCUT2D eigenvalue weighted by atomic mass is 32.2. The summed E-state index contributed by atoms with van der Waals surface area (Å²) in [5.74, 6) is -2.30. The third-order valence-corrected chi connectivity index (χ3v) is 7.43. The zero-order chi connectivity index (χ0) is 22.8. The molecule has 3 atom stereocenters. The average Bonchev–Trinajstić information content (AvgIpc) is 3.34. The number of nitrogens with one attached hydrogen (secondary N) is 1. The first-order valence-corrected chi connectivity index (χ1v) is 12.8. The van der Waals surface area contributed by atoms with Crippen molar-refractivity contribution in [3.63, 3.8) is 0 Å². The molecule has 0 bridgehead atoms. The van der Waals surface area contributed by atoms with Crippen LogP contribution in [0.3, 0.4) is 0 Å². The summed E-state index contributed by atoms with van der Waals surface area (Å²) in [6.07, 6.45) is 5.40. The molecule has 2 fully saturated rings. The van der Waals surface area contributed by atoms with Gasteiger partial charge < -0.3 is 5.32 Å². The van der Waals surface area contributed by atoms with Crippen LogP contribution < -0.4 is 5.32 Å². The molecule has 1 aromatic carbocycles. The molecule has 3 amide bonds. The molecule has 1 aromatic heterocycles. The van der Waals surface area contributed by atoms with Crippen molar-refractivity contribution in [1.29, 1.82) is 0 Å². The van der Waals surface area contributed by atoms with Crippen molar-refractivity contribution in [2.45, 2.75) is 38.1 Å². The molecule has 2 aliphatic rings. The van der Waals surface area contributed by atoms with Crippen LogP contribution >= 0.6 is 23.1 Å². The summed E-state index contributed by atoms with van der Waals surface area (Å²) in [7, 11) is 0. The summed E-state index contributed by atoms with van der Waals surface area (Å²) in [5, 5.41) is 4.38. The van der Waals surface area contributed by atoms with Crippen LogP contribution in [-0.2, 0) is 14.4 Å². The fourth-order valence-electron chi connectivity index (χ4n) is 4.44. The van der Waals surface area contributed by atoms with Crippen molar-refractivity contribution >= 4 is 46.0 Å². The Morgan fingerprint density at radius 1 is 1.25 bits per heavy atom. The van der Waals surface area contributed by atoms with Crippen LogP contribution in [0.25, 0.3) is 11.3 Å². The van der Waals surface area contributed by atoms with E-state index in [4.69, 9.17) is 0 Å². The van der Waals surface area contributed by atoms with Gasteiger partial charge in [0.05, 0.1) is 17.5 Å². The van der Waals surface area contributed by atoms with Gasteiger partial charge in [-0.25, -0.2) is 13.8 Å². The van der Waals surface area contributed by atoms with E-state index in [9.17, 15) is 23.2 Å². The van der Waals surface area contributed by atoms with Gasteiger partial charge in [0.15, 0.2) is 5.13 Å². The fourth-order valence-corrected chi connectivity index (χ4v) is 5.61. The molecule has 10 heteroatoms. The lowest BCUT2D eigenvalue weighted by atomic mass is 9.81. The third kappa shape index (κ3) is 4.43. The largest absolute Gasteiger partial charge is 0.300 e. The summed E-state index contributed by atoms with van der Waals surface area (Å²) < 4.78 is 27.6. The SMILES string of the molecule is CSCC[C@@H](C(=O)Nc1nc(-c2cc(F)ccc2F)cs1)N1C(=O)[C@H]2CCCC[C@H]2C1=O. The zero-order valence-electron chi connectivity index (χ0n) is 17.5. The van der Waals surface area contributed by atoms with Gasteiger partial charge >= 0.3 is 0 Å². The quantitative estimate of drug-likeness (QED) is 0.599. The first-order chi connectivity index (χ1) is 15.4. The topological polar surface area (TPSA) is 79.4 Å². The fraction of sp³-hybridized carbons (Fsp3) is 0.455. The van der Waals surface area contributed by atoms with Crippen LogP contribution in [0.1, 0.15) is 32.1 Å². The summed E-state index contributed by atoms with van der Waals surface area (Å²) in [5.41, 5.74) is 0.192. The molecule has 1 aliphatic heterocycles. The minimum absolute atomic E-state index is 0.00495. The minimum Gasteiger partial charge on any atom is -0.300 e. The normalized spacial score (nSPS) is 21.5. The van der Waals surface area contributed by atoms with Gasteiger partial charge in [0.25, 0.3) is 0 Å². The number of fused-ring (bicyclic) bond motifs is 1. The first-order valence-electron chi connectivity index (χ1n) is 10.5. The number of halogens is 2. The van der Waals surface area contributed by atoms with E-state index in [0.29, 0.717) is 25.0 Å². The van der Waals surface area contributed by atoms with E-state index in [1.165, 1.54) is 17.1 Å². The van der Waals surface area contributed by atoms with Gasteiger partial charge in [0, 0.05) is 10.9 Å². The van der Waals surface area contributed by atoms with Gasteiger partial charge in [0.1, 0.15) is 17.7 Å². The monoisotopic (exact) mass is 479 g/mol. The molecular weight excluding hydrogens is 456 g/mol. The van der Waals surface area contributed by atoms with Crippen molar-refractivity contribution in [3.05, 3.63) is 35.2 Å². The Bertz CT molecular complexity index is 1020. The number of nitrogens with zero attached hydrogens (tertiary/aromatic N) is 2. The van der Waals surface area contributed by atoms with Crippen molar-refractivity contribution < 1.29 is 23.2 Å². The molecule has 170 valence electrons. The molecule has 32 heavy (non-hydrogen) atoms. The number of carbonyl (C=O) groups excluding carboxylic acids is 3. The second-order valence-electron chi connectivity index (χ2n) is 7.99. The predicted molar refractivity (Wildman–Crippen MR) is 120 cm³/mol. The molecule has 2 aromatic rings. The number of thiazole rings is 1. The summed E-state index contributed by atoms with van der Waals surface area (Å²) in [6.45, 7) is 0. The second-order valence-corrected chi connectivity index (χ2v) is 9.84. The minimum atomic E-state index is -0.925. The number of thioether (sulfide) groups is 1. The lowest BCUT2D eigenvalue weighted by Crippen LogP contribution is -2.48. The Balaban J connectivity index is 1.54. The maximum atomic E-state index is 14.1. The first kappa shape index (κ1) is 22.8. The Kier molecular flexibility index (Phi) is 6.90. The number of rotatable bonds is 7. The van der Waals surface area contributed by atoms with E-state index in [-0.39, 0.29) is 40.0 Å². The van der Waals surface area contributed by atoms with Gasteiger partial charge in [-0.05, 0) is 49.5 Å². The van der Waals surface area contributed by atoms with Crippen LogP contribution in [0, 0.1) is 23.5 Å². The Labute approximate surface area is 192 Å². The van der Waals surface area contributed by atoms with Gasteiger partial charge in [-0.15, -0.1) is 11.3 Å². The summed E-state index contributed by atoms with van der Waals surface area (Å²) >= 11 is 2.59. The van der Waals surface area contributed by atoms with E-state index >= 15 is 0 Å². The standard InChI is InChI=1S/C22H23F2N3O3S2/c1-31-9-8-18(27-20(29)13-4-2-3-5-14(13)21(27)30)19(28)26-22-25-17(11-32-22)15-10-12(23)6-7-16(15)24/h6-7,10-11,13-14,18H,2-5,8-9H2,1H3,(H,25,26,28)/t13-,14+,18-/m0/s1. The molecule has 1 N–H and O–H groups in total. The number of carbonyl (C=O) groups is 3. The molecule has 6 nitrogen and oxygen atoms in total. The average molecular weight is 480 g/mol. The van der Waals surface area contributed by atoms with Gasteiger partial charge in [-0.3, -0.25) is 19.3 Å². The number of amides is 3. The molecule has 0 unspecified atom stereocenters. The van der Waals surface area contributed by atoms with E-state index in [2.05, 4.69) is 10.3 Å². The highest BCUT2D eigenvalue weighted by Crippen LogP contribution is 2.39. The molecule has 2 heterocycles. The number of likely N-dealkylation sites (tertiary alicyclic amines) is 1. The Morgan fingerprint density at radius 2 is 1.94 bits per heavy atom. The van der Waals surface area contributed by atoms with Crippen molar-refractivity contribution in [2.75, 3.05) is 17.3 Å². The second kappa shape index (κ2) is 9.66. The van der Waals surface area contributed by atoms with Crippen molar-refractivity contribution in [2.24, 2.45) is 11.8 Å². The zero-order valence-corrected chi connectivity index (χ0v) is 19.1. The number of hydrogen-bond acceptors (Lipinski definition) is 6. The van der Waals surface area contributed by atoms with Crippen LogP contribution in [0.15, 0.2) is 23.6 Å². The van der Waals surface area contributed by atoms with Crippen LogP contribution in [-0.4, -0.2) is 45.7 Å². The molecule has 0 spiro atoms. The van der Waals surface area contributed by atoms with E-state index in [1.807, 2.05) is 6.26 Å². The number of benzene rings is 1. The summed E-state index contributed by atoms with van der Waals surface area (Å²) in [6, 6.07) is 2.16. The number of aromatic nitrogens is 1. The Morgan fingerprint density at radius 3 is 2.59 bits per heavy atom. The van der Waals surface area contributed by atoms with E-state index in [0.717, 1.165) is 47.3 Å². The van der Waals surface area contributed by atoms with E-state index < -0.39 is 23.6 Å². The van der Waals surface area contributed by atoms with Crippen molar-refractivity contribution in [3.8, 4) is 11.3 Å². The molecular formula is C22H23F2N3O3S2. The van der Waals surface area contributed by atoms with Gasteiger partial charge in [0.2, 0.25) is 17.7 Å². The van der Waals surface area contributed by atoms with Crippen LogP contribution in [0.4, 0.5) is 13.9 Å². The number of imide groups is 1. The van der Waals surface area contributed by atoms with Crippen LogP contribution in [0.5, 0.6) is 0 Å².